The third kappa shape index (κ3) is 4.44. The Balaban J connectivity index is 1.43. The normalized spacial score (nSPS) is 24.3. The van der Waals surface area contributed by atoms with Crippen molar-refractivity contribution in [1.82, 2.24) is 14.9 Å². The minimum absolute atomic E-state index is 0.241. The Kier molecular flexibility index (Phi) is 6.02. The number of hydrogen-bond donors (Lipinski definition) is 2. The molecule has 2 saturated heterocycles. The first-order valence-electron chi connectivity index (χ1n) is 11.2. The van der Waals surface area contributed by atoms with E-state index in [1.54, 1.807) is 17.3 Å². The van der Waals surface area contributed by atoms with Crippen molar-refractivity contribution in [3.8, 4) is 0 Å². The molecule has 0 radical (unpaired) electrons. The second-order valence-electron chi connectivity index (χ2n) is 9.80. The van der Waals surface area contributed by atoms with E-state index < -0.39 is 36.9 Å². The van der Waals surface area contributed by atoms with E-state index in [4.69, 9.17) is 14.4 Å². The van der Waals surface area contributed by atoms with E-state index in [0.29, 0.717) is 25.1 Å². The SMILES string of the molecule is CC1(C)OB(c2cnc(N(C3CC3)C3CCN(C(=O)C(O)CO)CC3)nc2)OC1(C)C. The van der Waals surface area contributed by atoms with Crippen molar-refractivity contribution < 1.29 is 24.3 Å². The number of carbonyl (C=O) groups is 1. The minimum atomic E-state index is -1.33. The summed E-state index contributed by atoms with van der Waals surface area (Å²) in [6.45, 7) is 8.64. The molecule has 2 N–H and O–H groups in total. The van der Waals surface area contributed by atoms with Crippen LogP contribution in [0.5, 0.6) is 0 Å². The molecule has 3 heterocycles. The van der Waals surface area contributed by atoms with E-state index in [0.717, 1.165) is 31.1 Å². The van der Waals surface area contributed by atoms with Gasteiger partial charge in [-0.15, -0.1) is 0 Å². The highest BCUT2D eigenvalue weighted by atomic mass is 16.7. The zero-order valence-electron chi connectivity index (χ0n) is 18.8. The molecule has 1 aromatic heterocycles. The number of amides is 1. The highest BCUT2D eigenvalue weighted by Crippen LogP contribution is 2.37. The van der Waals surface area contributed by atoms with E-state index in [2.05, 4.69) is 14.9 Å². The summed E-state index contributed by atoms with van der Waals surface area (Å²) in [4.78, 5) is 25.4. The van der Waals surface area contributed by atoms with Crippen LogP contribution in [0.3, 0.4) is 0 Å². The number of piperidine rings is 1. The maximum atomic E-state index is 12.1. The first-order valence-corrected chi connectivity index (χ1v) is 11.2. The Labute approximate surface area is 183 Å². The molecule has 3 fully saturated rings. The van der Waals surface area contributed by atoms with Gasteiger partial charge in [0.2, 0.25) is 5.95 Å². The van der Waals surface area contributed by atoms with Gasteiger partial charge in [0, 0.05) is 43.0 Å². The van der Waals surface area contributed by atoms with Crippen molar-refractivity contribution >= 4 is 24.4 Å². The van der Waals surface area contributed by atoms with Gasteiger partial charge in [-0.1, -0.05) is 0 Å². The molecule has 31 heavy (non-hydrogen) atoms. The average Bonchev–Trinajstić information content (AvgIpc) is 3.54. The highest BCUT2D eigenvalue weighted by molar-refractivity contribution is 6.61. The van der Waals surface area contributed by atoms with Gasteiger partial charge in [0.15, 0.2) is 6.10 Å². The van der Waals surface area contributed by atoms with Gasteiger partial charge in [0.05, 0.1) is 17.8 Å². The molecule has 0 spiro atoms. The quantitative estimate of drug-likeness (QED) is 0.609. The third-order valence-electron chi connectivity index (χ3n) is 6.98. The predicted molar refractivity (Wildman–Crippen MR) is 116 cm³/mol. The molecule has 1 aliphatic carbocycles. The molecule has 1 unspecified atom stereocenters. The molecule has 1 atom stereocenters. The highest BCUT2D eigenvalue weighted by Gasteiger charge is 2.52. The maximum absolute atomic E-state index is 12.1. The zero-order valence-corrected chi connectivity index (χ0v) is 18.8. The molecule has 4 rings (SSSR count). The molecule has 1 amide bonds. The molecular formula is C21H33BN4O5. The summed E-state index contributed by atoms with van der Waals surface area (Å²) in [5.74, 6) is 0.296. The number of aromatic nitrogens is 2. The number of anilines is 1. The Hall–Kier alpha value is -1.75. The van der Waals surface area contributed by atoms with Crippen LogP contribution in [0.4, 0.5) is 5.95 Å². The lowest BCUT2D eigenvalue weighted by Gasteiger charge is -2.39. The first-order chi connectivity index (χ1) is 14.6. The summed E-state index contributed by atoms with van der Waals surface area (Å²) in [5, 5.41) is 18.6. The van der Waals surface area contributed by atoms with Crippen LogP contribution < -0.4 is 10.4 Å². The van der Waals surface area contributed by atoms with Gasteiger partial charge in [0.25, 0.3) is 5.91 Å². The van der Waals surface area contributed by atoms with Crippen LogP contribution in [0, 0.1) is 0 Å². The van der Waals surface area contributed by atoms with Gasteiger partial charge >= 0.3 is 7.12 Å². The van der Waals surface area contributed by atoms with Gasteiger partial charge in [-0.25, -0.2) is 9.97 Å². The number of aliphatic hydroxyl groups excluding tert-OH is 2. The fourth-order valence-corrected chi connectivity index (χ4v) is 4.20. The molecule has 2 aliphatic heterocycles. The van der Waals surface area contributed by atoms with Gasteiger partial charge in [-0.3, -0.25) is 4.79 Å². The van der Waals surface area contributed by atoms with E-state index >= 15 is 0 Å². The number of likely N-dealkylation sites (tertiary alicyclic amines) is 1. The Morgan fingerprint density at radius 3 is 2.13 bits per heavy atom. The third-order valence-corrected chi connectivity index (χ3v) is 6.98. The van der Waals surface area contributed by atoms with Crippen molar-refractivity contribution in [1.29, 1.82) is 0 Å². The Morgan fingerprint density at radius 2 is 1.65 bits per heavy atom. The van der Waals surface area contributed by atoms with E-state index in [9.17, 15) is 9.90 Å². The maximum Gasteiger partial charge on any atom is 0.498 e. The minimum Gasteiger partial charge on any atom is -0.399 e. The van der Waals surface area contributed by atoms with Crippen molar-refractivity contribution in [2.75, 3.05) is 24.6 Å². The van der Waals surface area contributed by atoms with Crippen LogP contribution in [0.15, 0.2) is 12.4 Å². The topological polar surface area (TPSA) is 108 Å². The standard InChI is InChI=1S/C21H33BN4O5/c1-20(2)21(3,4)31-22(30-20)14-11-23-19(24-12-14)26(15-5-6-15)16-7-9-25(10-8-16)18(29)17(28)13-27/h11-12,15-17,27-28H,5-10,13H2,1-4H3. The molecule has 9 nitrogen and oxygen atoms in total. The monoisotopic (exact) mass is 432 g/mol. The van der Waals surface area contributed by atoms with Crippen molar-refractivity contribution in [2.24, 2.45) is 0 Å². The second kappa shape index (κ2) is 8.31. The van der Waals surface area contributed by atoms with Crippen LogP contribution in [-0.2, 0) is 14.1 Å². The molecule has 10 heteroatoms. The average molecular weight is 432 g/mol. The molecule has 170 valence electrons. The fraction of sp³-hybridized carbons (Fsp3) is 0.762. The van der Waals surface area contributed by atoms with E-state index in [1.807, 2.05) is 27.7 Å². The lowest BCUT2D eigenvalue weighted by atomic mass is 9.81. The predicted octanol–water partition coefficient (Wildman–Crippen LogP) is 0.0888. The lowest BCUT2D eigenvalue weighted by molar-refractivity contribution is -0.143. The molecular weight excluding hydrogens is 399 g/mol. The number of aliphatic hydroxyl groups is 2. The molecule has 1 saturated carbocycles. The summed E-state index contributed by atoms with van der Waals surface area (Å²) in [6, 6.07) is 0.670. The summed E-state index contributed by atoms with van der Waals surface area (Å²) in [5.41, 5.74) is -0.0203. The number of rotatable bonds is 6. The van der Waals surface area contributed by atoms with Crippen molar-refractivity contribution in [3.63, 3.8) is 0 Å². The molecule has 0 bridgehead atoms. The van der Waals surface area contributed by atoms with Crippen molar-refractivity contribution in [3.05, 3.63) is 12.4 Å². The molecule has 1 aromatic rings. The van der Waals surface area contributed by atoms with E-state index in [-0.39, 0.29) is 6.04 Å². The van der Waals surface area contributed by atoms with Crippen LogP contribution in [0.1, 0.15) is 53.4 Å². The van der Waals surface area contributed by atoms with Gasteiger partial charge in [0.1, 0.15) is 0 Å². The summed E-state index contributed by atoms with van der Waals surface area (Å²) < 4.78 is 12.2. The number of nitrogens with zero attached hydrogens (tertiary/aromatic N) is 4. The lowest BCUT2D eigenvalue weighted by Crippen LogP contribution is -2.51. The van der Waals surface area contributed by atoms with Gasteiger partial charge in [-0.2, -0.15) is 0 Å². The largest absolute Gasteiger partial charge is 0.498 e. The first kappa shape index (κ1) is 22.4. The van der Waals surface area contributed by atoms with Crippen molar-refractivity contribution in [2.45, 2.75) is 82.8 Å². The summed E-state index contributed by atoms with van der Waals surface area (Å²) in [7, 11) is -0.486. The number of hydrogen-bond acceptors (Lipinski definition) is 8. The van der Waals surface area contributed by atoms with Crippen LogP contribution >= 0.6 is 0 Å². The van der Waals surface area contributed by atoms with Crippen LogP contribution in [0.25, 0.3) is 0 Å². The van der Waals surface area contributed by atoms with Gasteiger partial charge < -0.3 is 29.3 Å². The van der Waals surface area contributed by atoms with E-state index in [1.165, 1.54) is 0 Å². The smallest absolute Gasteiger partial charge is 0.399 e. The summed E-state index contributed by atoms with van der Waals surface area (Å²) >= 11 is 0. The zero-order chi connectivity index (χ0) is 22.4. The number of carbonyl (C=O) groups excluding carboxylic acids is 1. The fourth-order valence-electron chi connectivity index (χ4n) is 4.20. The second-order valence-corrected chi connectivity index (χ2v) is 9.80. The Morgan fingerprint density at radius 1 is 1.13 bits per heavy atom. The molecule has 0 aromatic carbocycles. The van der Waals surface area contributed by atoms with Crippen LogP contribution in [0.2, 0.25) is 0 Å². The van der Waals surface area contributed by atoms with Gasteiger partial charge in [-0.05, 0) is 53.4 Å². The Bertz CT molecular complexity index is 777. The summed E-state index contributed by atoms with van der Waals surface area (Å²) in [6.07, 6.45) is 6.04. The molecule has 3 aliphatic rings. The van der Waals surface area contributed by atoms with Crippen LogP contribution in [-0.4, -0.2) is 87.2 Å².